The molecule has 2 aliphatic heterocycles. The van der Waals surface area contributed by atoms with Crippen molar-refractivity contribution in [1.29, 1.82) is 0 Å². The molecule has 0 aliphatic carbocycles. The van der Waals surface area contributed by atoms with Gasteiger partial charge in [-0.05, 0) is 82.6 Å². The molecule has 236 valence electrons. The van der Waals surface area contributed by atoms with Gasteiger partial charge in [-0.1, -0.05) is 121 Å². The lowest BCUT2D eigenvalue weighted by Gasteiger charge is -2.12. The molecule has 3 heterocycles. The van der Waals surface area contributed by atoms with Crippen molar-refractivity contribution in [2.75, 3.05) is 0 Å². The SMILES string of the molecule is C1=Cc2nc1c(-c1ccccc1)c1cccc(c1)n(-c1ccccc1)c1nc(c(-c3ccccc3)c3cccc(c3)n2-c2ccccc2)C=N1. The number of benzene rings is 6. The van der Waals surface area contributed by atoms with E-state index >= 15 is 0 Å². The topological polar surface area (TPSA) is 48.0 Å². The van der Waals surface area contributed by atoms with Crippen LogP contribution in [0.15, 0.2) is 175 Å². The van der Waals surface area contributed by atoms with Gasteiger partial charge in [0.2, 0.25) is 5.95 Å². The molecule has 0 saturated carbocycles. The Morgan fingerprint density at radius 3 is 1.48 bits per heavy atom. The van der Waals surface area contributed by atoms with E-state index in [1.165, 1.54) is 0 Å². The van der Waals surface area contributed by atoms with Crippen molar-refractivity contribution >= 4 is 46.1 Å². The molecule has 0 radical (unpaired) electrons. The van der Waals surface area contributed by atoms with Gasteiger partial charge in [0.25, 0.3) is 0 Å². The minimum Gasteiger partial charge on any atom is -0.295 e. The van der Waals surface area contributed by atoms with Gasteiger partial charge in [0.15, 0.2) is 0 Å². The van der Waals surface area contributed by atoms with Gasteiger partial charge in [-0.15, -0.1) is 0 Å². The molecule has 0 fully saturated rings. The van der Waals surface area contributed by atoms with Gasteiger partial charge >= 0.3 is 0 Å². The molecular formula is C45H31N5. The van der Waals surface area contributed by atoms with Gasteiger partial charge in [-0.25, -0.2) is 15.0 Å². The van der Waals surface area contributed by atoms with Crippen LogP contribution in [0.1, 0.15) is 17.2 Å². The normalized spacial score (nSPS) is 11.8. The van der Waals surface area contributed by atoms with Gasteiger partial charge in [-0.2, -0.15) is 0 Å². The predicted octanol–water partition coefficient (Wildman–Crippen LogP) is 11.1. The van der Waals surface area contributed by atoms with Crippen LogP contribution in [-0.2, 0) is 0 Å². The summed E-state index contributed by atoms with van der Waals surface area (Å²) in [4.78, 5) is 15.6. The molecule has 0 amide bonds. The van der Waals surface area contributed by atoms with Gasteiger partial charge < -0.3 is 0 Å². The standard InChI is InChI=1S/C45H31N5/c1-5-15-32(16-6-1)43-34-19-14-26-39(30-34)50(37-23-11-4-12-24-37)45-46-31-41(48-45)44(33-17-7-2-8-18-33)35-20-13-25-38(29-35)49(36-21-9-3-10-22-36)42-28-27-40(43)47-42/h1-31H. The van der Waals surface area contributed by atoms with Crippen LogP contribution < -0.4 is 0 Å². The minimum absolute atomic E-state index is 0.598. The Hall–Kier alpha value is -6.85. The molecule has 0 saturated heterocycles. The van der Waals surface area contributed by atoms with E-state index in [1.54, 1.807) is 0 Å². The Balaban J connectivity index is 1.52. The molecule has 0 unspecified atom stereocenters. The summed E-state index contributed by atoms with van der Waals surface area (Å²) >= 11 is 0. The highest BCUT2D eigenvalue weighted by atomic mass is 15.2. The lowest BCUT2D eigenvalue weighted by atomic mass is 10.0. The van der Waals surface area contributed by atoms with Crippen LogP contribution in [0.3, 0.4) is 0 Å². The first kappa shape index (κ1) is 29.3. The van der Waals surface area contributed by atoms with E-state index in [4.69, 9.17) is 15.0 Å². The average molecular weight is 642 g/mol. The lowest BCUT2D eigenvalue weighted by Crippen LogP contribution is -2.01. The number of rotatable bonds is 4. The average Bonchev–Trinajstić information content (AvgIpc) is 3.85. The van der Waals surface area contributed by atoms with Crippen LogP contribution in [0.5, 0.6) is 0 Å². The molecule has 0 atom stereocenters. The molecule has 9 rings (SSSR count). The fraction of sp³-hybridized carbons (Fsp3) is 0. The highest BCUT2D eigenvalue weighted by Crippen LogP contribution is 2.34. The molecule has 0 N–H and O–H groups in total. The van der Waals surface area contributed by atoms with Crippen molar-refractivity contribution in [2.24, 2.45) is 4.99 Å². The number of fused-ring (bicyclic) bond motifs is 8. The van der Waals surface area contributed by atoms with Crippen LogP contribution in [0.2, 0.25) is 0 Å². The Morgan fingerprint density at radius 2 is 0.900 bits per heavy atom. The summed E-state index contributed by atoms with van der Waals surface area (Å²) in [5.41, 5.74) is 9.82. The molecule has 6 aromatic carbocycles. The monoisotopic (exact) mass is 641 g/mol. The molecular weight excluding hydrogens is 611 g/mol. The van der Waals surface area contributed by atoms with E-state index in [-0.39, 0.29) is 0 Å². The summed E-state index contributed by atoms with van der Waals surface area (Å²) in [5, 5.41) is 2.08. The van der Waals surface area contributed by atoms with Crippen molar-refractivity contribution in [2.45, 2.75) is 0 Å². The zero-order valence-corrected chi connectivity index (χ0v) is 27.1. The number of aliphatic imine (C=N–C) groups is 1. The van der Waals surface area contributed by atoms with E-state index in [0.29, 0.717) is 5.95 Å². The third-order valence-corrected chi connectivity index (χ3v) is 9.03. The third kappa shape index (κ3) is 5.37. The highest BCUT2D eigenvalue weighted by Gasteiger charge is 2.17. The van der Waals surface area contributed by atoms with Gasteiger partial charge in [0.05, 0.1) is 17.6 Å². The van der Waals surface area contributed by atoms with E-state index in [0.717, 1.165) is 72.6 Å². The number of aromatic nitrogens is 4. The summed E-state index contributed by atoms with van der Waals surface area (Å²) < 4.78 is 4.35. The second kappa shape index (κ2) is 12.6. The van der Waals surface area contributed by atoms with Crippen molar-refractivity contribution in [3.8, 4) is 33.6 Å². The first-order chi connectivity index (χ1) is 24.8. The fourth-order valence-corrected chi connectivity index (χ4v) is 6.81. The summed E-state index contributed by atoms with van der Waals surface area (Å²) in [5.74, 6) is 1.43. The van der Waals surface area contributed by atoms with Gasteiger partial charge in [0.1, 0.15) is 5.82 Å². The Morgan fingerprint density at radius 1 is 0.400 bits per heavy atom. The zero-order valence-electron chi connectivity index (χ0n) is 27.1. The Labute approximate surface area is 290 Å². The van der Waals surface area contributed by atoms with Crippen molar-refractivity contribution in [3.63, 3.8) is 0 Å². The molecule has 5 nitrogen and oxygen atoms in total. The molecule has 0 spiro atoms. The van der Waals surface area contributed by atoms with E-state index in [1.807, 2.05) is 42.6 Å². The molecule has 7 aromatic rings. The van der Waals surface area contributed by atoms with Crippen molar-refractivity contribution in [1.82, 2.24) is 19.1 Å². The maximum absolute atomic E-state index is 5.37. The van der Waals surface area contributed by atoms with Crippen molar-refractivity contribution in [3.05, 3.63) is 187 Å². The highest BCUT2D eigenvalue weighted by molar-refractivity contribution is 5.99. The molecule has 1 aromatic heterocycles. The zero-order chi connectivity index (χ0) is 33.3. The van der Waals surface area contributed by atoms with Gasteiger partial charge in [-0.3, -0.25) is 9.13 Å². The number of para-hydroxylation sites is 2. The van der Waals surface area contributed by atoms with Crippen molar-refractivity contribution < 1.29 is 0 Å². The van der Waals surface area contributed by atoms with E-state index in [9.17, 15) is 0 Å². The van der Waals surface area contributed by atoms with Crippen LogP contribution in [0, 0.1) is 0 Å². The van der Waals surface area contributed by atoms with E-state index < -0.39 is 0 Å². The summed E-state index contributed by atoms with van der Waals surface area (Å²) in [7, 11) is 0. The van der Waals surface area contributed by atoms with Crippen LogP contribution in [0.4, 0.5) is 5.95 Å². The Bertz CT molecular complexity index is 2260. The molecule has 2 aliphatic rings. The quantitative estimate of drug-likeness (QED) is 0.192. The van der Waals surface area contributed by atoms with Crippen LogP contribution >= 0.6 is 0 Å². The minimum atomic E-state index is 0.598. The first-order valence-electron chi connectivity index (χ1n) is 16.7. The molecule has 50 heavy (non-hydrogen) atoms. The van der Waals surface area contributed by atoms with E-state index in [2.05, 4.69) is 155 Å². The number of hydrogen-bond donors (Lipinski definition) is 0. The summed E-state index contributed by atoms with van der Waals surface area (Å²) in [6, 6.07) is 58.9. The largest absolute Gasteiger partial charge is 0.295 e. The fourth-order valence-electron chi connectivity index (χ4n) is 6.81. The second-order valence-corrected chi connectivity index (χ2v) is 12.2. The number of hydrogen-bond acceptors (Lipinski definition) is 3. The van der Waals surface area contributed by atoms with Crippen LogP contribution in [-0.4, -0.2) is 25.3 Å². The number of nitrogens with zero attached hydrogens (tertiary/aromatic N) is 5. The summed E-state index contributed by atoms with van der Waals surface area (Å²) in [6.07, 6.45) is 6.14. The third-order valence-electron chi connectivity index (χ3n) is 9.03. The first-order valence-corrected chi connectivity index (χ1v) is 16.7. The predicted molar refractivity (Wildman–Crippen MR) is 207 cm³/mol. The van der Waals surface area contributed by atoms with Crippen LogP contribution in [0.25, 0.3) is 67.6 Å². The summed E-state index contributed by atoms with van der Waals surface area (Å²) in [6.45, 7) is 0. The maximum atomic E-state index is 5.37. The maximum Gasteiger partial charge on any atom is 0.235 e. The second-order valence-electron chi connectivity index (χ2n) is 12.2. The Kier molecular flexibility index (Phi) is 7.41. The lowest BCUT2D eigenvalue weighted by molar-refractivity contribution is 1.02. The van der Waals surface area contributed by atoms with Gasteiger partial charge in [0, 0.05) is 33.5 Å². The molecule has 5 heteroatoms. The molecule has 8 bridgehead atoms. The smallest absolute Gasteiger partial charge is 0.235 e.